The highest BCUT2D eigenvalue weighted by Crippen LogP contribution is 2.36. The van der Waals surface area contributed by atoms with Crippen molar-refractivity contribution in [3.05, 3.63) is 53.1 Å². The number of anilines is 1. The highest BCUT2D eigenvalue weighted by molar-refractivity contribution is 7.91. The first-order valence-electron chi connectivity index (χ1n) is 7.69. The number of hydrogen-bond donors (Lipinski definition) is 1. The zero-order chi connectivity index (χ0) is 17.5. The number of fused-ring (bicyclic) bond motifs is 2. The fourth-order valence-electron chi connectivity index (χ4n) is 2.90. The zero-order valence-electron chi connectivity index (χ0n) is 13.4. The number of carbonyl (C=O) groups excluding carboxylic acids is 2. The SMILES string of the molecule is CCCc1ccc2c(c1)S(=O)(=O)c1cc(NC(C)=O)ccc1C2=O. The van der Waals surface area contributed by atoms with E-state index in [2.05, 4.69) is 5.32 Å². The second-order valence-corrected chi connectivity index (χ2v) is 7.69. The summed E-state index contributed by atoms with van der Waals surface area (Å²) in [6.45, 7) is 3.35. The Morgan fingerprint density at radius 3 is 2.29 bits per heavy atom. The predicted octanol–water partition coefficient (Wildman–Crippen LogP) is 2.97. The summed E-state index contributed by atoms with van der Waals surface area (Å²) in [6.07, 6.45) is 1.63. The van der Waals surface area contributed by atoms with E-state index in [-0.39, 0.29) is 32.6 Å². The molecule has 6 heteroatoms. The van der Waals surface area contributed by atoms with Crippen molar-refractivity contribution in [1.29, 1.82) is 0 Å². The molecule has 0 fully saturated rings. The summed E-state index contributed by atoms with van der Waals surface area (Å²) in [6, 6.07) is 9.30. The fraction of sp³-hybridized carbons (Fsp3) is 0.222. The maximum atomic E-state index is 13.0. The molecule has 0 atom stereocenters. The maximum Gasteiger partial charge on any atom is 0.221 e. The number of sulfone groups is 1. The van der Waals surface area contributed by atoms with E-state index in [0.29, 0.717) is 5.69 Å². The van der Waals surface area contributed by atoms with Crippen molar-refractivity contribution in [3.63, 3.8) is 0 Å². The maximum absolute atomic E-state index is 13.0. The van der Waals surface area contributed by atoms with Crippen molar-refractivity contribution in [2.45, 2.75) is 36.5 Å². The van der Waals surface area contributed by atoms with Gasteiger partial charge in [0.1, 0.15) is 0 Å². The van der Waals surface area contributed by atoms with Gasteiger partial charge in [-0.1, -0.05) is 19.4 Å². The average Bonchev–Trinajstić information content (AvgIpc) is 2.53. The molecule has 5 nitrogen and oxygen atoms in total. The van der Waals surface area contributed by atoms with E-state index in [4.69, 9.17) is 0 Å². The molecule has 0 saturated heterocycles. The molecule has 3 rings (SSSR count). The fourth-order valence-corrected chi connectivity index (χ4v) is 4.62. The lowest BCUT2D eigenvalue weighted by molar-refractivity contribution is -0.114. The number of amides is 1. The molecule has 1 aliphatic rings. The van der Waals surface area contributed by atoms with Gasteiger partial charge in [-0.2, -0.15) is 0 Å². The van der Waals surface area contributed by atoms with Crippen LogP contribution < -0.4 is 5.32 Å². The lowest BCUT2D eigenvalue weighted by atomic mass is 9.99. The van der Waals surface area contributed by atoms with Gasteiger partial charge in [-0.25, -0.2) is 8.42 Å². The summed E-state index contributed by atoms with van der Waals surface area (Å²) in [7, 11) is -3.81. The minimum absolute atomic E-state index is 0.0472. The quantitative estimate of drug-likeness (QED) is 0.793. The van der Waals surface area contributed by atoms with Crippen LogP contribution in [0.1, 0.15) is 41.8 Å². The third kappa shape index (κ3) is 2.63. The second-order valence-electron chi connectivity index (χ2n) is 5.81. The molecule has 1 amide bonds. The van der Waals surface area contributed by atoms with Crippen LogP contribution in [0.15, 0.2) is 46.2 Å². The number of ketones is 1. The number of benzene rings is 2. The monoisotopic (exact) mass is 343 g/mol. The first-order chi connectivity index (χ1) is 11.3. The van der Waals surface area contributed by atoms with Crippen molar-refractivity contribution in [2.24, 2.45) is 0 Å². The Labute approximate surface area is 140 Å². The first kappa shape index (κ1) is 16.4. The van der Waals surface area contributed by atoms with Crippen LogP contribution >= 0.6 is 0 Å². The Balaban J connectivity index is 2.20. The molecule has 0 aromatic heterocycles. The van der Waals surface area contributed by atoms with Crippen molar-refractivity contribution in [2.75, 3.05) is 5.32 Å². The molecule has 0 spiro atoms. The summed E-state index contributed by atoms with van der Waals surface area (Å²) in [5.41, 5.74) is 1.58. The molecule has 1 N–H and O–H groups in total. The van der Waals surface area contributed by atoms with Crippen molar-refractivity contribution in [1.82, 2.24) is 0 Å². The first-order valence-corrected chi connectivity index (χ1v) is 9.17. The number of nitrogens with one attached hydrogen (secondary N) is 1. The van der Waals surface area contributed by atoms with Gasteiger partial charge in [-0.05, 0) is 42.3 Å². The highest BCUT2D eigenvalue weighted by Gasteiger charge is 2.35. The van der Waals surface area contributed by atoms with Crippen LogP contribution in [0.3, 0.4) is 0 Å². The Morgan fingerprint density at radius 1 is 1.04 bits per heavy atom. The summed E-state index contributed by atoms with van der Waals surface area (Å²) in [4.78, 5) is 23.8. The minimum Gasteiger partial charge on any atom is -0.326 e. The molecule has 2 aromatic carbocycles. The molecule has 1 aliphatic heterocycles. The summed E-state index contributed by atoms with van der Waals surface area (Å²) >= 11 is 0. The van der Waals surface area contributed by atoms with Gasteiger partial charge >= 0.3 is 0 Å². The smallest absolute Gasteiger partial charge is 0.221 e. The van der Waals surface area contributed by atoms with Crippen LogP contribution in [0.4, 0.5) is 5.69 Å². The van der Waals surface area contributed by atoms with Crippen molar-refractivity contribution < 1.29 is 18.0 Å². The number of carbonyl (C=O) groups is 2. The molecule has 124 valence electrons. The molecule has 0 aliphatic carbocycles. The number of hydrogen-bond acceptors (Lipinski definition) is 4. The third-order valence-electron chi connectivity index (χ3n) is 3.95. The molecular weight excluding hydrogens is 326 g/mol. The van der Waals surface area contributed by atoms with E-state index in [0.717, 1.165) is 18.4 Å². The Morgan fingerprint density at radius 2 is 1.67 bits per heavy atom. The van der Waals surface area contributed by atoms with E-state index >= 15 is 0 Å². The largest absolute Gasteiger partial charge is 0.326 e. The van der Waals surface area contributed by atoms with E-state index < -0.39 is 9.84 Å². The molecule has 0 radical (unpaired) electrons. The van der Waals surface area contributed by atoms with Gasteiger partial charge in [0.15, 0.2) is 5.78 Å². The number of aryl methyl sites for hydroxylation is 1. The van der Waals surface area contributed by atoms with Crippen molar-refractivity contribution in [3.8, 4) is 0 Å². The van der Waals surface area contributed by atoms with Crippen LogP contribution in [-0.4, -0.2) is 20.1 Å². The third-order valence-corrected chi connectivity index (χ3v) is 5.79. The van der Waals surface area contributed by atoms with Crippen LogP contribution in [0, 0.1) is 0 Å². The van der Waals surface area contributed by atoms with Crippen LogP contribution in [-0.2, 0) is 21.1 Å². The number of rotatable bonds is 3. The highest BCUT2D eigenvalue weighted by atomic mass is 32.2. The average molecular weight is 343 g/mol. The molecule has 1 heterocycles. The van der Waals surface area contributed by atoms with Gasteiger partial charge in [0.2, 0.25) is 15.7 Å². The standard InChI is InChI=1S/C18H17NO4S/c1-3-4-12-5-7-14-16(9-12)24(22,23)17-10-13(19-11(2)20)6-8-15(17)18(14)21/h5-10H,3-4H2,1-2H3,(H,19,20). The Hall–Kier alpha value is -2.47. The summed E-state index contributed by atoms with van der Waals surface area (Å²) in [5.74, 6) is -0.618. The molecule has 0 saturated carbocycles. The molecule has 0 bridgehead atoms. The summed E-state index contributed by atoms with van der Waals surface area (Å²) in [5, 5.41) is 2.55. The van der Waals surface area contributed by atoms with Gasteiger partial charge in [0.25, 0.3) is 0 Å². The molecule has 0 unspecified atom stereocenters. The normalized spacial score (nSPS) is 14.7. The van der Waals surface area contributed by atoms with Gasteiger partial charge in [-0.15, -0.1) is 0 Å². The van der Waals surface area contributed by atoms with E-state index in [9.17, 15) is 18.0 Å². The lowest BCUT2D eigenvalue weighted by Crippen LogP contribution is -2.21. The van der Waals surface area contributed by atoms with E-state index in [1.165, 1.54) is 25.1 Å². The van der Waals surface area contributed by atoms with E-state index in [1.807, 2.05) is 6.92 Å². The second kappa shape index (κ2) is 5.87. The minimum atomic E-state index is -3.81. The van der Waals surface area contributed by atoms with Crippen molar-refractivity contribution >= 4 is 27.2 Å². The van der Waals surface area contributed by atoms with E-state index in [1.54, 1.807) is 18.2 Å². The van der Waals surface area contributed by atoms with Crippen LogP contribution in [0.25, 0.3) is 0 Å². The molecular formula is C18H17NO4S. The molecule has 24 heavy (non-hydrogen) atoms. The van der Waals surface area contributed by atoms with Gasteiger partial charge in [-0.3, -0.25) is 9.59 Å². The van der Waals surface area contributed by atoms with Gasteiger partial charge in [0, 0.05) is 23.7 Å². The van der Waals surface area contributed by atoms with Gasteiger partial charge in [0.05, 0.1) is 9.79 Å². The lowest BCUT2D eigenvalue weighted by Gasteiger charge is -2.20. The Bertz CT molecular complexity index is 961. The zero-order valence-corrected chi connectivity index (χ0v) is 14.2. The van der Waals surface area contributed by atoms with Crippen LogP contribution in [0.5, 0.6) is 0 Å². The van der Waals surface area contributed by atoms with Gasteiger partial charge < -0.3 is 5.32 Å². The van der Waals surface area contributed by atoms with Crippen LogP contribution in [0.2, 0.25) is 0 Å². The summed E-state index contributed by atoms with van der Waals surface area (Å²) < 4.78 is 25.9. The Kier molecular flexibility index (Phi) is 4.01. The predicted molar refractivity (Wildman–Crippen MR) is 90.1 cm³/mol. The molecule has 2 aromatic rings. The topological polar surface area (TPSA) is 80.3 Å².